The van der Waals surface area contributed by atoms with Gasteiger partial charge < -0.3 is 0 Å². The Morgan fingerprint density at radius 1 is 1.00 bits per heavy atom. The minimum Gasteiger partial charge on any atom is -0.296 e. The normalized spacial score (nSPS) is 32.5. The van der Waals surface area contributed by atoms with Crippen molar-refractivity contribution in [3.8, 4) is 0 Å². The highest BCUT2D eigenvalue weighted by molar-refractivity contribution is 5.72. The molecule has 2 aliphatic heterocycles. The third-order valence-electron chi connectivity index (χ3n) is 6.60. The summed E-state index contributed by atoms with van der Waals surface area (Å²) in [5.74, 6) is 2.00. The molecule has 1 nitrogen and oxygen atoms in total. The van der Waals surface area contributed by atoms with Gasteiger partial charge in [0.1, 0.15) is 0 Å². The second-order valence-electron chi connectivity index (χ2n) is 7.78. The summed E-state index contributed by atoms with van der Waals surface area (Å²) in [7, 11) is 0. The Balaban J connectivity index is 1.65. The van der Waals surface area contributed by atoms with E-state index in [-0.39, 0.29) is 0 Å². The van der Waals surface area contributed by atoms with E-state index < -0.39 is 0 Å². The molecule has 0 spiro atoms. The highest BCUT2D eigenvalue weighted by Gasteiger charge is 2.39. The van der Waals surface area contributed by atoms with E-state index in [1.165, 1.54) is 62.7 Å². The van der Waals surface area contributed by atoms with E-state index in [0.717, 1.165) is 17.9 Å². The van der Waals surface area contributed by atoms with Crippen LogP contribution in [0.25, 0.3) is 5.57 Å². The van der Waals surface area contributed by atoms with E-state index in [0.29, 0.717) is 0 Å². The van der Waals surface area contributed by atoms with Crippen molar-refractivity contribution >= 4 is 5.57 Å². The predicted octanol–water partition coefficient (Wildman–Crippen LogP) is 5.05. The van der Waals surface area contributed by atoms with Crippen molar-refractivity contribution < 1.29 is 0 Å². The maximum absolute atomic E-state index is 2.81. The van der Waals surface area contributed by atoms with E-state index in [1.54, 1.807) is 11.1 Å². The molecule has 2 fully saturated rings. The topological polar surface area (TPSA) is 3.24 Å². The van der Waals surface area contributed by atoms with Gasteiger partial charge in [-0.1, -0.05) is 49.1 Å². The number of piperidine rings is 1. The maximum Gasteiger partial charge on any atom is 0.0313 e. The van der Waals surface area contributed by atoms with Crippen molar-refractivity contribution in [3.05, 3.63) is 41.0 Å². The average Bonchev–Trinajstić information content (AvgIpc) is 2.55. The lowest BCUT2D eigenvalue weighted by Crippen LogP contribution is -2.50. The van der Waals surface area contributed by atoms with E-state index in [2.05, 4.69) is 43.0 Å². The van der Waals surface area contributed by atoms with Crippen LogP contribution in [0.1, 0.15) is 56.6 Å². The van der Waals surface area contributed by atoms with E-state index in [1.807, 2.05) is 0 Å². The summed E-state index contributed by atoms with van der Waals surface area (Å²) >= 11 is 0. The van der Waals surface area contributed by atoms with Crippen LogP contribution in [-0.4, -0.2) is 24.0 Å². The molecule has 0 N–H and O–H groups in total. The third kappa shape index (κ3) is 2.44. The standard InChI is InChI=1S/C21H29N/c1-15-7-3-6-10-19(15)20-11-12-22-14-18-9-5-4-8-17(18)13-21(22)16(20)2/h3,6-7,10,17-18,21H,4-5,8-9,11-14H2,1-2H3/t17?,18-,21-/m0/s1. The fourth-order valence-electron chi connectivity index (χ4n) is 5.31. The number of nitrogens with zero attached hydrogens (tertiary/aromatic N) is 1. The van der Waals surface area contributed by atoms with Gasteiger partial charge in [0.05, 0.1) is 0 Å². The highest BCUT2D eigenvalue weighted by atomic mass is 15.2. The molecular formula is C21H29N. The van der Waals surface area contributed by atoms with E-state index >= 15 is 0 Å². The van der Waals surface area contributed by atoms with Gasteiger partial charge in [-0.3, -0.25) is 4.90 Å². The lowest BCUT2D eigenvalue weighted by Gasteiger charge is -2.49. The zero-order valence-corrected chi connectivity index (χ0v) is 14.1. The van der Waals surface area contributed by atoms with Crippen LogP contribution in [0.2, 0.25) is 0 Å². The molecule has 1 aromatic carbocycles. The molecule has 1 aromatic rings. The molecule has 118 valence electrons. The lowest BCUT2D eigenvalue weighted by molar-refractivity contribution is 0.0510. The molecule has 4 rings (SSSR count). The average molecular weight is 295 g/mol. The Kier molecular flexibility index (Phi) is 3.86. The smallest absolute Gasteiger partial charge is 0.0313 e. The van der Waals surface area contributed by atoms with Crippen LogP contribution in [0.3, 0.4) is 0 Å². The molecule has 1 aliphatic carbocycles. The van der Waals surface area contributed by atoms with Crippen LogP contribution in [0, 0.1) is 18.8 Å². The molecule has 2 heterocycles. The summed E-state index contributed by atoms with van der Waals surface area (Å²) in [5, 5.41) is 0. The first-order valence-electron chi connectivity index (χ1n) is 9.23. The summed E-state index contributed by atoms with van der Waals surface area (Å²) in [6, 6.07) is 9.68. The molecule has 1 unspecified atom stereocenters. The summed E-state index contributed by atoms with van der Waals surface area (Å²) < 4.78 is 0. The Morgan fingerprint density at radius 2 is 1.77 bits per heavy atom. The van der Waals surface area contributed by atoms with Crippen LogP contribution in [0.4, 0.5) is 0 Å². The van der Waals surface area contributed by atoms with Gasteiger partial charge in [0.15, 0.2) is 0 Å². The molecule has 0 amide bonds. The molecule has 0 bridgehead atoms. The Bertz CT molecular complexity index is 585. The van der Waals surface area contributed by atoms with Gasteiger partial charge in [0.2, 0.25) is 0 Å². The summed E-state index contributed by atoms with van der Waals surface area (Å²) in [5.41, 5.74) is 6.26. The zero-order chi connectivity index (χ0) is 15.1. The highest BCUT2D eigenvalue weighted by Crippen LogP contribution is 2.44. The van der Waals surface area contributed by atoms with Crippen LogP contribution in [0.5, 0.6) is 0 Å². The fraction of sp³-hybridized carbons (Fsp3) is 0.619. The largest absolute Gasteiger partial charge is 0.296 e. The fourth-order valence-corrected chi connectivity index (χ4v) is 5.31. The Labute approximate surface area is 135 Å². The SMILES string of the molecule is CC1=C(c2ccccc2C)CCN2C[C@@H]3CCCCC3C[C@@H]12. The van der Waals surface area contributed by atoms with Gasteiger partial charge in [0.25, 0.3) is 0 Å². The molecule has 22 heavy (non-hydrogen) atoms. The second kappa shape index (κ2) is 5.85. The predicted molar refractivity (Wildman–Crippen MR) is 93.8 cm³/mol. The number of rotatable bonds is 1. The van der Waals surface area contributed by atoms with Gasteiger partial charge in [0, 0.05) is 19.1 Å². The van der Waals surface area contributed by atoms with Crippen LogP contribution in [0.15, 0.2) is 29.8 Å². The van der Waals surface area contributed by atoms with Crippen molar-refractivity contribution in [2.24, 2.45) is 11.8 Å². The van der Waals surface area contributed by atoms with Crippen LogP contribution < -0.4 is 0 Å². The maximum atomic E-state index is 2.81. The minimum atomic E-state index is 0.725. The van der Waals surface area contributed by atoms with Crippen molar-refractivity contribution in [2.45, 2.75) is 58.4 Å². The number of benzene rings is 1. The quantitative estimate of drug-likeness (QED) is 0.700. The zero-order valence-electron chi connectivity index (χ0n) is 14.1. The molecule has 1 saturated carbocycles. The second-order valence-corrected chi connectivity index (χ2v) is 7.78. The minimum absolute atomic E-state index is 0.725. The van der Waals surface area contributed by atoms with Crippen molar-refractivity contribution in [1.29, 1.82) is 0 Å². The van der Waals surface area contributed by atoms with Gasteiger partial charge in [-0.25, -0.2) is 0 Å². The monoisotopic (exact) mass is 295 g/mol. The van der Waals surface area contributed by atoms with E-state index in [9.17, 15) is 0 Å². The lowest BCUT2D eigenvalue weighted by atomic mass is 9.70. The number of hydrogen-bond donors (Lipinski definition) is 0. The number of aryl methyl sites for hydroxylation is 1. The van der Waals surface area contributed by atoms with Crippen molar-refractivity contribution in [1.82, 2.24) is 4.90 Å². The molecule has 3 aliphatic rings. The van der Waals surface area contributed by atoms with Gasteiger partial charge in [-0.15, -0.1) is 0 Å². The van der Waals surface area contributed by atoms with Crippen LogP contribution >= 0.6 is 0 Å². The molecule has 0 aromatic heterocycles. The molecule has 3 atom stereocenters. The molecule has 1 saturated heterocycles. The molecule has 1 heteroatoms. The van der Waals surface area contributed by atoms with Gasteiger partial charge in [-0.2, -0.15) is 0 Å². The molecule has 0 radical (unpaired) electrons. The first-order valence-corrected chi connectivity index (χ1v) is 9.23. The van der Waals surface area contributed by atoms with E-state index in [4.69, 9.17) is 0 Å². The Morgan fingerprint density at radius 3 is 2.59 bits per heavy atom. The summed E-state index contributed by atoms with van der Waals surface area (Å²) in [6.45, 7) is 7.32. The number of fused-ring (bicyclic) bond motifs is 2. The number of hydrogen-bond acceptors (Lipinski definition) is 1. The van der Waals surface area contributed by atoms with Gasteiger partial charge in [-0.05, 0) is 61.6 Å². The first kappa shape index (κ1) is 14.5. The summed E-state index contributed by atoms with van der Waals surface area (Å²) in [6.07, 6.45) is 8.59. The van der Waals surface area contributed by atoms with Crippen LogP contribution in [-0.2, 0) is 0 Å². The third-order valence-corrected chi connectivity index (χ3v) is 6.60. The van der Waals surface area contributed by atoms with Crippen molar-refractivity contribution in [3.63, 3.8) is 0 Å². The Hall–Kier alpha value is -1.08. The first-order chi connectivity index (χ1) is 10.7. The summed E-state index contributed by atoms with van der Waals surface area (Å²) in [4.78, 5) is 2.81. The van der Waals surface area contributed by atoms with Crippen molar-refractivity contribution in [2.75, 3.05) is 13.1 Å². The van der Waals surface area contributed by atoms with Gasteiger partial charge >= 0.3 is 0 Å². The molecular weight excluding hydrogens is 266 g/mol.